The molecule has 0 aromatic rings. The fourth-order valence-electron chi connectivity index (χ4n) is 1.25. The average molecular weight is 242 g/mol. The van der Waals surface area contributed by atoms with Crippen molar-refractivity contribution in [3.05, 3.63) is 12.2 Å². The average Bonchev–Trinajstić information content (AvgIpc) is 2.17. The predicted molar refractivity (Wildman–Crippen MR) is 60.3 cm³/mol. The van der Waals surface area contributed by atoms with Crippen LogP contribution in [-0.2, 0) is 23.8 Å². The van der Waals surface area contributed by atoms with E-state index >= 15 is 0 Å². The molecule has 2 atom stereocenters. The Morgan fingerprint density at radius 3 is 2.65 bits per heavy atom. The van der Waals surface area contributed by atoms with Crippen LogP contribution < -0.4 is 0 Å². The van der Waals surface area contributed by atoms with Crippen molar-refractivity contribution < 1.29 is 23.8 Å². The van der Waals surface area contributed by atoms with Crippen LogP contribution >= 0.6 is 0 Å². The van der Waals surface area contributed by atoms with Gasteiger partial charge in [-0.25, -0.2) is 0 Å². The van der Waals surface area contributed by atoms with Crippen LogP contribution in [0.2, 0.25) is 0 Å². The van der Waals surface area contributed by atoms with Crippen molar-refractivity contribution in [1.82, 2.24) is 0 Å². The highest BCUT2D eigenvalue weighted by atomic mass is 16.7. The molecule has 1 aliphatic rings. The summed E-state index contributed by atoms with van der Waals surface area (Å²) in [6.45, 7) is 6.92. The van der Waals surface area contributed by atoms with Gasteiger partial charge in [0.2, 0.25) is 12.1 Å². The predicted octanol–water partition coefficient (Wildman–Crippen LogP) is 1.21. The zero-order valence-electron chi connectivity index (χ0n) is 10.6. The van der Waals surface area contributed by atoms with Gasteiger partial charge in [0.15, 0.2) is 0 Å². The Hall–Kier alpha value is -1.20. The fourth-order valence-corrected chi connectivity index (χ4v) is 1.25. The molecule has 0 saturated heterocycles. The minimum atomic E-state index is -0.930. The van der Waals surface area contributed by atoms with Crippen LogP contribution in [0.5, 0.6) is 0 Å². The highest BCUT2D eigenvalue weighted by molar-refractivity contribution is 5.93. The molecule has 0 spiro atoms. The van der Waals surface area contributed by atoms with E-state index in [-0.39, 0.29) is 18.4 Å². The second-order valence-electron chi connectivity index (χ2n) is 4.80. The van der Waals surface area contributed by atoms with Gasteiger partial charge in [0.05, 0.1) is 5.60 Å². The molecule has 0 aliphatic carbocycles. The molecule has 1 aliphatic heterocycles. The Balaban J connectivity index is 2.55. The van der Waals surface area contributed by atoms with Gasteiger partial charge < -0.3 is 14.2 Å². The lowest BCUT2D eigenvalue weighted by atomic mass is 10.1. The Morgan fingerprint density at radius 1 is 1.47 bits per heavy atom. The van der Waals surface area contributed by atoms with Crippen LogP contribution in [0.15, 0.2) is 12.2 Å². The van der Waals surface area contributed by atoms with Crippen molar-refractivity contribution in [1.29, 1.82) is 0 Å². The minimum absolute atomic E-state index is 0.0864. The molecule has 1 heterocycles. The van der Waals surface area contributed by atoms with Gasteiger partial charge in [-0.15, -0.1) is 0 Å². The quantitative estimate of drug-likeness (QED) is 0.696. The zero-order chi connectivity index (χ0) is 13.1. The number of carbonyl (C=O) groups excluding carboxylic acids is 2. The second-order valence-corrected chi connectivity index (χ2v) is 4.80. The molecule has 0 fully saturated rings. The first-order chi connectivity index (χ1) is 7.78. The van der Waals surface area contributed by atoms with Gasteiger partial charge in [-0.2, -0.15) is 0 Å². The molecular weight excluding hydrogens is 224 g/mol. The van der Waals surface area contributed by atoms with E-state index in [0.29, 0.717) is 0 Å². The Labute approximate surface area is 101 Å². The minimum Gasteiger partial charge on any atom is -0.463 e. The van der Waals surface area contributed by atoms with Crippen molar-refractivity contribution in [3.8, 4) is 0 Å². The Kier molecular flexibility index (Phi) is 4.42. The molecule has 0 radical (unpaired) electrons. The monoisotopic (exact) mass is 242 g/mol. The van der Waals surface area contributed by atoms with E-state index in [1.165, 1.54) is 13.0 Å². The molecule has 5 nitrogen and oxygen atoms in total. The van der Waals surface area contributed by atoms with E-state index in [1.807, 2.05) is 20.8 Å². The summed E-state index contributed by atoms with van der Waals surface area (Å²) in [6, 6.07) is 0. The molecule has 0 aromatic heterocycles. The summed E-state index contributed by atoms with van der Waals surface area (Å²) in [7, 11) is 0. The third-order valence-electron chi connectivity index (χ3n) is 1.92. The molecule has 17 heavy (non-hydrogen) atoms. The molecule has 0 aromatic carbocycles. The van der Waals surface area contributed by atoms with Gasteiger partial charge in [-0.3, -0.25) is 9.59 Å². The van der Waals surface area contributed by atoms with Crippen LogP contribution in [-0.4, -0.2) is 36.4 Å². The standard InChI is InChI=1S/C12H18O5/c1-8(13)15-7-9-5-6-10(14)11(16-9)17-12(2,3)4/h5-6,9,11H,7H2,1-4H3/t9-,11+/m0/s1. The van der Waals surface area contributed by atoms with E-state index in [4.69, 9.17) is 14.2 Å². The van der Waals surface area contributed by atoms with E-state index in [1.54, 1.807) is 6.08 Å². The van der Waals surface area contributed by atoms with Crippen LogP contribution in [0.25, 0.3) is 0 Å². The van der Waals surface area contributed by atoms with Gasteiger partial charge >= 0.3 is 5.97 Å². The van der Waals surface area contributed by atoms with Gasteiger partial charge in [0.1, 0.15) is 12.7 Å². The maximum atomic E-state index is 11.5. The molecule has 5 heteroatoms. The van der Waals surface area contributed by atoms with E-state index in [9.17, 15) is 9.59 Å². The van der Waals surface area contributed by atoms with Gasteiger partial charge in [-0.1, -0.05) is 0 Å². The Morgan fingerprint density at radius 2 is 2.12 bits per heavy atom. The highest BCUT2D eigenvalue weighted by Crippen LogP contribution is 2.18. The molecule has 0 saturated carbocycles. The van der Waals surface area contributed by atoms with Crippen molar-refractivity contribution in [2.45, 2.75) is 45.7 Å². The molecule has 0 amide bonds. The normalized spacial score (nSPS) is 24.8. The highest BCUT2D eigenvalue weighted by Gasteiger charge is 2.30. The largest absolute Gasteiger partial charge is 0.463 e. The number of carbonyl (C=O) groups is 2. The van der Waals surface area contributed by atoms with Crippen molar-refractivity contribution in [3.63, 3.8) is 0 Å². The number of esters is 1. The molecule has 0 unspecified atom stereocenters. The van der Waals surface area contributed by atoms with Gasteiger partial charge in [-0.05, 0) is 32.9 Å². The molecule has 0 N–H and O–H groups in total. The van der Waals surface area contributed by atoms with Crippen LogP contribution in [0.4, 0.5) is 0 Å². The van der Waals surface area contributed by atoms with Crippen LogP contribution in [0.1, 0.15) is 27.7 Å². The number of hydrogen-bond acceptors (Lipinski definition) is 5. The number of ketones is 1. The van der Waals surface area contributed by atoms with E-state index < -0.39 is 18.0 Å². The SMILES string of the molecule is CC(=O)OC[C@@H]1C=CC(=O)[C@@H](OC(C)(C)C)O1. The topological polar surface area (TPSA) is 61.8 Å². The van der Waals surface area contributed by atoms with Crippen molar-refractivity contribution >= 4 is 11.8 Å². The zero-order valence-corrected chi connectivity index (χ0v) is 10.6. The molecule has 96 valence electrons. The summed E-state index contributed by atoms with van der Waals surface area (Å²) in [5, 5.41) is 0. The summed E-state index contributed by atoms with van der Waals surface area (Å²) in [4.78, 5) is 22.2. The van der Waals surface area contributed by atoms with Gasteiger partial charge in [0, 0.05) is 6.92 Å². The van der Waals surface area contributed by atoms with Crippen LogP contribution in [0, 0.1) is 0 Å². The second kappa shape index (κ2) is 5.42. The Bertz CT molecular complexity index is 326. The summed E-state index contributed by atoms with van der Waals surface area (Å²) in [6.07, 6.45) is 1.59. The lowest BCUT2D eigenvalue weighted by Crippen LogP contribution is -2.40. The van der Waals surface area contributed by atoms with E-state index in [2.05, 4.69) is 0 Å². The first-order valence-electron chi connectivity index (χ1n) is 5.46. The number of rotatable bonds is 3. The summed E-state index contributed by atoms with van der Waals surface area (Å²) in [5.41, 5.74) is -0.475. The smallest absolute Gasteiger partial charge is 0.302 e. The first-order valence-corrected chi connectivity index (χ1v) is 5.46. The molecular formula is C12H18O5. The molecule has 1 rings (SSSR count). The molecule has 0 bridgehead atoms. The summed E-state index contributed by atoms with van der Waals surface area (Å²) >= 11 is 0. The first kappa shape index (κ1) is 13.9. The summed E-state index contributed by atoms with van der Waals surface area (Å²) < 4.78 is 15.7. The fraction of sp³-hybridized carbons (Fsp3) is 0.667. The van der Waals surface area contributed by atoms with E-state index in [0.717, 1.165) is 0 Å². The lowest BCUT2D eigenvalue weighted by Gasteiger charge is -2.30. The maximum Gasteiger partial charge on any atom is 0.302 e. The van der Waals surface area contributed by atoms with Crippen molar-refractivity contribution in [2.24, 2.45) is 0 Å². The van der Waals surface area contributed by atoms with Gasteiger partial charge in [0.25, 0.3) is 0 Å². The van der Waals surface area contributed by atoms with Crippen molar-refractivity contribution in [2.75, 3.05) is 6.61 Å². The summed E-state index contributed by atoms with van der Waals surface area (Å²) in [5.74, 6) is -0.619. The van der Waals surface area contributed by atoms with Crippen LogP contribution in [0.3, 0.4) is 0 Å². The third-order valence-corrected chi connectivity index (χ3v) is 1.92. The third kappa shape index (κ3) is 5.10. The number of ether oxygens (including phenoxy) is 3. The lowest BCUT2D eigenvalue weighted by molar-refractivity contribution is -0.212. The maximum absolute atomic E-state index is 11.5. The number of hydrogen-bond donors (Lipinski definition) is 0.